The van der Waals surface area contributed by atoms with Crippen LogP contribution in [0.4, 0.5) is 0 Å². The van der Waals surface area contributed by atoms with E-state index in [0.29, 0.717) is 0 Å². The molecule has 186 valence electrons. The smallest absolute Gasteiger partial charge is 0.244 e. The Labute approximate surface area is 217 Å². The molecule has 0 aliphatic heterocycles. The van der Waals surface area contributed by atoms with Gasteiger partial charge < -0.3 is 33.8 Å². The van der Waals surface area contributed by atoms with Crippen molar-refractivity contribution in [3.63, 3.8) is 0 Å². The third kappa shape index (κ3) is 16.7. The number of hydrogen-bond donors (Lipinski definition) is 1. The molecule has 0 aliphatic rings. The lowest BCUT2D eigenvalue weighted by atomic mass is 10.0. The molecule has 0 aliphatic carbocycles. The highest BCUT2D eigenvalue weighted by atomic mass is 127. The first-order valence-electron chi connectivity index (χ1n) is 12.4. The molecule has 0 rings (SSSR count). The van der Waals surface area contributed by atoms with Crippen LogP contribution in [0.25, 0.3) is 0 Å². The fourth-order valence-electron chi connectivity index (χ4n) is 3.79. The van der Waals surface area contributed by atoms with Crippen molar-refractivity contribution >= 4 is 5.91 Å². The number of halogens is 1. The van der Waals surface area contributed by atoms with Gasteiger partial charge in [-0.3, -0.25) is 4.79 Å². The lowest BCUT2D eigenvalue weighted by molar-refractivity contribution is -0.922. The van der Waals surface area contributed by atoms with E-state index in [-0.39, 0.29) is 29.9 Å². The maximum absolute atomic E-state index is 12.2. The summed E-state index contributed by atoms with van der Waals surface area (Å²) in [6, 6.07) is 0. The normalized spacial score (nSPS) is 12.9. The minimum Gasteiger partial charge on any atom is -1.00 e. The molecule has 0 aromatic rings. The fourth-order valence-corrected chi connectivity index (χ4v) is 3.79. The summed E-state index contributed by atoms with van der Waals surface area (Å²) in [7, 11) is 0. The zero-order chi connectivity index (χ0) is 23.7. The number of hydrogen-bond acceptors (Lipinski definition) is 1. The maximum atomic E-state index is 12.2. The van der Waals surface area contributed by atoms with Crippen molar-refractivity contribution in [2.75, 3.05) is 32.7 Å². The molecule has 0 fully saturated rings. The molecular weight excluding hydrogens is 507 g/mol. The van der Waals surface area contributed by atoms with Crippen LogP contribution in [0.1, 0.15) is 93.9 Å². The molecule has 0 heterocycles. The predicted octanol–water partition coefficient (Wildman–Crippen LogP) is 4.13. The molecule has 4 heteroatoms. The highest BCUT2D eigenvalue weighted by Gasteiger charge is 2.19. The van der Waals surface area contributed by atoms with Crippen LogP contribution in [-0.4, -0.2) is 43.1 Å². The van der Waals surface area contributed by atoms with Gasteiger partial charge in [-0.15, -0.1) is 0 Å². The minimum atomic E-state index is 0. The van der Waals surface area contributed by atoms with Crippen LogP contribution in [0.3, 0.4) is 0 Å². The van der Waals surface area contributed by atoms with Gasteiger partial charge in [-0.2, -0.15) is 0 Å². The molecule has 0 spiro atoms. The van der Waals surface area contributed by atoms with Gasteiger partial charge in [-0.25, -0.2) is 0 Å². The number of likely N-dealkylation sites (N-methyl/N-ethyl adjacent to an activating group) is 1. The Morgan fingerprint density at radius 2 is 1.16 bits per heavy atom. The lowest BCUT2D eigenvalue weighted by Crippen LogP contribution is -3.00. The second-order valence-electron chi connectivity index (χ2n) is 9.29. The van der Waals surface area contributed by atoms with E-state index < -0.39 is 0 Å². The van der Waals surface area contributed by atoms with Crippen molar-refractivity contribution in [1.29, 1.82) is 0 Å². The van der Waals surface area contributed by atoms with Crippen LogP contribution in [0.5, 0.6) is 0 Å². The van der Waals surface area contributed by atoms with E-state index in [9.17, 15) is 4.79 Å². The molecule has 3 nitrogen and oxygen atoms in total. The Bertz CT molecular complexity index is 628. The average Bonchev–Trinajstić information content (AvgIpc) is 2.71. The minimum absolute atomic E-state index is 0. The topological polar surface area (TPSA) is 29.1 Å². The second kappa shape index (κ2) is 19.6. The number of nitrogens with zero attached hydrogens (tertiary/aromatic N) is 1. The van der Waals surface area contributed by atoms with Gasteiger partial charge in [-0.05, 0) is 93.9 Å². The first-order valence-corrected chi connectivity index (χ1v) is 12.4. The molecule has 0 saturated carbocycles. The summed E-state index contributed by atoms with van der Waals surface area (Å²) < 4.78 is 1.07. The van der Waals surface area contributed by atoms with E-state index in [0.717, 1.165) is 81.3 Å². The number of carbonyl (C=O) groups is 1. The van der Waals surface area contributed by atoms with Crippen molar-refractivity contribution in [1.82, 2.24) is 5.32 Å². The highest BCUT2D eigenvalue weighted by molar-refractivity contribution is 5.88. The van der Waals surface area contributed by atoms with E-state index in [1.807, 2.05) is 0 Å². The molecule has 0 saturated heterocycles. The van der Waals surface area contributed by atoms with Gasteiger partial charge >= 0.3 is 0 Å². The average molecular weight is 559 g/mol. The zero-order valence-electron chi connectivity index (χ0n) is 22.3. The first-order chi connectivity index (χ1) is 14.7. The Hall–Kier alpha value is -0.880. The highest BCUT2D eigenvalue weighted by Crippen LogP contribution is 2.13. The summed E-state index contributed by atoms with van der Waals surface area (Å²) in [5.41, 5.74) is 5.49. The van der Waals surface area contributed by atoms with Gasteiger partial charge in [0.05, 0.1) is 32.7 Å². The molecule has 0 bridgehead atoms. The van der Waals surface area contributed by atoms with Crippen LogP contribution in [0.2, 0.25) is 0 Å². The predicted molar refractivity (Wildman–Crippen MR) is 138 cm³/mol. The lowest BCUT2D eigenvalue weighted by Gasteiger charge is -2.35. The van der Waals surface area contributed by atoms with Crippen LogP contribution in [0.15, 0.2) is 46.6 Å². The van der Waals surface area contributed by atoms with E-state index >= 15 is 0 Å². The van der Waals surface area contributed by atoms with Gasteiger partial charge in [0.1, 0.15) is 0 Å². The van der Waals surface area contributed by atoms with Crippen LogP contribution in [0, 0.1) is 0 Å². The number of nitrogens with one attached hydrogen (secondary N) is 1. The van der Waals surface area contributed by atoms with E-state index in [1.165, 1.54) is 16.7 Å². The molecule has 0 atom stereocenters. The molecule has 0 radical (unpaired) electrons. The summed E-state index contributed by atoms with van der Waals surface area (Å²) in [6.45, 7) is 22.7. The third-order valence-electron chi connectivity index (χ3n) is 6.43. The van der Waals surface area contributed by atoms with Gasteiger partial charge in [0, 0.05) is 6.08 Å². The van der Waals surface area contributed by atoms with Crippen molar-refractivity contribution in [2.45, 2.75) is 93.9 Å². The Morgan fingerprint density at radius 3 is 1.59 bits per heavy atom. The standard InChI is InChI=1S/C28H50N2O.HI/c1-9-30(10-2,11-3)22-21-29-28(31)23-27(8)20-14-19-26(7)18-13-17-25(6)16-12-15-24(4)5;/h15,17,19,23H,9-14,16,18,20-22H2,1-8H3;1H/b25-17+,26-19+,27-23+;. The van der Waals surface area contributed by atoms with Crippen LogP contribution >= 0.6 is 0 Å². The van der Waals surface area contributed by atoms with Crippen molar-refractivity contribution in [3.8, 4) is 0 Å². The van der Waals surface area contributed by atoms with Crippen molar-refractivity contribution in [2.24, 2.45) is 0 Å². The molecule has 0 unspecified atom stereocenters. The van der Waals surface area contributed by atoms with E-state index in [4.69, 9.17) is 0 Å². The number of amides is 1. The summed E-state index contributed by atoms with van der Waals surface area (Å²) in [4.78, 5) is 12.2. The number of allylic oxidation sites excluding steroid dienone is 7. The summed E-state index contributed by atoms with van der Waals surface area (Å²) in [5, 5.41) is 3.07. The van der Waals surface area contributed by atoms with Gasteiger partial charge in [-0.1, -0.05) is 40.5 Å². The SMILES string of the molecule is CC[N+](CC)(CC)CCNC(=O)/C=C(\C)CC/C=C(\C)CC/C=C(\C)CCC=C(C)C.[I-]. The summed E-state index contributed by atoms with van der Waals surface area (Å²) in [6.07, 6.45) is 15.3. The Balaban J connectivity index is 0. The van der Waals surface area contributed by atoms with Gasteiger partial charge in [0.2, 0.25) is 5.91 Å². The number of rotatable bonds is 16. The molecule has 1 amide bonds. The van der Waals surface area contributed by atoms with Crippen molar-refractivity contribution in [3.05, 3.63) is 46.6 Å². The summed E-state index contributed by atoms with van der Waals surface area (Å²) in [5.74, 6) is 0.0494. The van der Waals surface area contributed by atoms with Crippen molar-refractivity contribution < 1.29 is 33.3 Å². The molecule has 32 heavy (non-hydrogen) atoms. The second-order valence-corrected chi connectivity index (χ2v) is 9.29. The number of carbonyl (C=O) groups excluding carboxylic acids is 1. The first kappa shape index (κ1) is 33.3. The molecule has 0 aromatic heterocycles. The largest absolute Gasteiger partial charge is 1.00 e. The van der Waals surface area contributed by atoms with Gasteiger partial charge in [0.25, 0.3) is 0 Å². The Kier molecular flexibility index (Phi) is 20.4. The maximum Gasteiger partial charge on any atom is 0.244 e. The molecule has 0 aromatic carbocycles. The van der Waals surface area contributed by atoms with E-state index in [2.05, 4.69) is 78.9 Å². The van der Waals surface area contributed by atoms with Gasteiger partial charge in [0.15, 0.2) is 0 Å². The quantitative estimate of drug-likeness (QED) is 0.131. The monoisotopic (exact) mass is 558 g/mol. The molecule has 1 N–H and O–H groups in total. The fraction of sp³-hybridized carbons (Fsp3) is 0.679. The van der Waals surface area contributed by atoms with Crippen LogP contribution < -0.4 is 29.3 Å². The number of quaternary nitrogens is 1. The Morgan fingerprint density at radius 1 is 0.719 bits per heavy atom. The molecular formula is C28H51IN2O. The summed E-state index contributed by atoms with van der Waals surface area (Å²) >= 11 is 0. The van der Waals surface area contributed by atoms with Crippen LogP contribution in [-0.2, 0) is 4.79 Å². The zero-order valence-corrected chi connectivity index (χ0v) is 24.5. The third-order valence-corrected chi connectivity index (χ3v) is 6.43. The van der Waals surface area contributed by atoms with E-state index in [1.54, 1.807) is 6.08 Å².